The van der Waals surface area contributed by atoms with Crippen LogP contribution in [-0.4, -0.2) is 25.1 Å². The maximum absolute atomic E-state index is 14.0. The lowest BCUT2D eigenvalue weighted by molar-refractivity contribution is 0.102. The monoisotopic (exact) mass is 576 g/mol. The van der Waals surface area contributed by atoms with Gasteiger partial charge in [0.05, 0.1) is 19.8 Å². The third-order valence-electron chi connectivity index (χ3n) is 6.76. The second-order valence-corrected chi connectivity index (χ2v) is 9.64. The van der Waals surface area contributed by atoms with Crippen molar-refractivity contribution < 1.29 is 33.6 Å². The summed E-state index contributed by atoms with van der Waals surface area (Å²) in [5.74, 6) is 0.449. The molecule has 7 nitrogen and oxygen atoms in total. The highest BCUT2D eigenvalue weighted by Gasteiger charge is 2.27. The number of carbonyl (C=O) groups excluding carboxylic acids is 1. The molecule has 0 atom stereocenters. The second kappa shape index (κ2) is 14.0. The summed E-state index contributed by atoms with van der Waals surface area (Å²) in [7, 11) is 2.92. The van der Waals surface area contributed by atoms with E-state index in [0.29, 0.717) is 18.1 Å². The number of phenols is 1. The minimum absolute atomic E-state index is 0.00433. The molecule has 0 spiro atoms. The van der Waals surface area contributed by atoms with Crippen molar-refractivity contribution in [2.45, 2.75) is 19.8 Å². The van der Waals surface area contributed by atoms with Crippen molar-refractivity contribution in [1.82, 2.24) is 0 Å². The van der Waals surface area contributed by atoms with Gasteiger partial charge in [-0.05, 0) is 28.8 Å². The van der Waals surface area contributed by atoms with Crippen LogP contribution in [0.4, 0.5) is 0 Å². The molecular formula is C36H32O7. The fourth-order valence-electron chi connectivity index (χ4n) is 4.52. The number of ketones is 1. The topological polar surface area (TPSA) is 83.5 Å². The first kappa shape index (κ1) is 29.1. The van der Waals surface area contributed by atoms with E-state index < -0.39 is 5.78 Å². The Labute approximate surface area is 250 Å². The zero-order valence-electron chi connectivity index (χ0n) is 24.0. The zero-order valence-corrected chi connectivity index (χ0v) is 24.0. The molecule has 0 bridgehead atoms. The molecule has 7 heteroatoms. The Morgan fingerprint density at radius 1 is 0.581 bits per heavy atom. The van der Waals surface area contributed by atoms with Gasteiger partial charge in [0.2, 0.25) is 11.5 Å². The van der Waals surface area contributed by atoms with Gasteiger partial charge in [-0.25, -0.2) is 0 Å². The van der Waals surface area contributed by atoms with E-state index in [-0.39, 0.29) is 47.3 Å². The molecule has 0 heterocycles. The van der Waals surface area contributed by atoms with Crippen molar-refractivity contribution in [2.24, 2.45) is 0 Å². The SMILES string of the molecule is COc1cc(OCc2ccccc2)cc(OC)c1C(=O)c1ccc(OCc2ccccc2)c(OCc2ccccc2)c1O. The third-order valence-corrected chi connectivity index (χ3v) is 6.76. The molecule has 0 aliphatic rings. The predicted octanol–water partition coefficient (Wildman–Crippen LogP) is 7.38. The fourth-order valence-corrected chi connectivity index (χ4v) is 4.52. The summed E-state index contributed by atoms with van der Waals surface area (Å²) >= 11 is 0. The molecule has 0 fully saturated rings. The average Bonchev–Trinajstić information content (AvgIpc) is 3.06. The van der Waals surface area contributed by atoms with E-state index in [1.807, 2.05) is 91.0 Å². The van der Waals surface area contributed by atoms with Gasteiger partial charge in [-0.3, -0.25) is 4.79 Å². The number of carbonyl (C=O) groups is 1. The fraction of sp³-hybridized carbons (Fsp3) is 0.139. The van der Waals surface area contributed by atoms with Gasteiger partial charge in [-0.15, -0.1) is 0 Å². The highest BCUT2D eigenvalue weighted by atomic mass is 16.5. The van der Waals surface area contributed by atoms with Crippen molar-refractivity contribution in [2.75, 3.05) is 14.2 Å². The van der Waals surface area contributed by atoms with E-state index in [9.17, 15) is 9.90 Å². The van der Waals surface area contributed by atoms with Crippen molar-refractivity contribution in [3.8, 4) is 34.5 Å². The summed E-state index contributed by atoms with van der Waals surface area (Å²) < 4.78 is 29.2. The normalized spacial score (nSPS) is 10.6. The molecule has 0 unspecified atom stereocenters. The Bertz CT molecular complexity index is 1630. The molecule has 0 saturated heterocycles. The van der Waals surface area contributed by atoms with Crippen LogP contribution in [0.2, 0.25) is 0 Å². The van der Waals surface area contributed by atoms with Crippen LogP contribution >= 0.6 is 0 Å². The molecule has 0 aromatic heterocycles. The van der Waals surface area contributed by atoms with Crippen LogP contribution in [0.3, 0.4) is 0 Å². The minimum atomic E-state index is -0.514. The first-order valence-electron chi connectivity index (χ1n) is 13.7. The van der Waals surface area contributed by atoms with E-state index in [1.54, 1.807) is 18.2 Å². The summed E-state index contributed by atoms with van der Waals surface area (Å²) in [6.07, 6.45) is 0. The van der Waals surface area contributed by atoms with Gasteiger partial charge in [0.25, 0.3) is 0 Å². The van der Waals surface area contributed by atoms with Gasteiger partial charge in [0.15, 0.2) is 11.5 Å². The quantitative estimate of drug-likeness (QED) is 0.146. The molecule has 1 N–H and O–H groups in total. The Balaban J connectivity index is 1.47. The maximum Gasteiger partial charge on any atom is 0.204 e. The lowest BCUT2D eigenvalue weighted by atomic mass is 9.99. The predicted molar refractivity (Wildman–Crippen MR) is 163 cm³/mol. The summed E-state index contributed by atoms with van der Waals surface area (Å²) in [4.78, 5) is 14.0. The summed E-state index contributed by atoms with van der Waals surface area (Å²) in [6, 6.07) is 35.3. The standard InChI is InChI=1S/C36H32O7/c1-39-31-20-28(41-22-25-12-6-3-7-13-25)21-32(40-2)33(31)34(37)29-18-19-30(42-23-26-14-8-4-9-15-26)36(35(29)38)43-24-27-16-10-5-11-17-27/h3-21,38H,22-24H2,1-2H3. The maximum atomic E-state index is 14.0. The van der Waals surface area contributed by atoms with Crippen molar-refractivity contribution in [3.63, 3.8) is 0 Å². The first-order valence-corrected chi connectivity index (χ1v) is 13.7. The Morgan fingerprint density at radius 3 is 1.53 bits per heavy atom. The molecule has 5 rings (SSSR count). The molecule has 0 radical (unpaired) electrons. The number of hydrogen-bond donors (Lipinski definition) is 1. The first-order chi connectivity index (χ1) is 21.1. The molecule has 0 aliphatic carbocycles. The van der Waals surface area contributed by atoms with E-state index in [2.05, 4.69) is 0 Å². The highest BCUT2D eigenvalue weighted by molar-refractivity contribution is 6.14. The Hall–Kier alpha value is -5.43. The molecule has 218 valence electrons. The largest absolute Gasteiger partial charge is 0.504 e. The van der Waals surface area contributed by atoms with E-state index in [4.69, 9.17) is 23.7 Å². The van der Waals surface area contributed by atoms with Gasteiger partial charge < -0.3 is 28.8 Å². The number of phenolic OH excluding ortho intramolecular Hbond substituents is 1. The second-order valence-electron chi connectivity index (χ2n) is 9.64. The van der Waals surface area contributed by atoms with Gasteiger partial charge in [0.1, 0.15) is 42.6 Å². The van der Waals surface area contributed by atoms with Crippen LogP contribution in [-0.2, 0) is 19.8 Å². The molecule has 5 aromatic carbocycles. The van der Waals surface area contributed by atoms with Crippen LogP contribution in [0.15, 0.2) is 115 Å². The van der Waals surface area contributed by atoms with E-state index in [1.165, 1.54) is 20.3 Å². The van der Waals surface area contributed by atoms with Crippen molar-refractivity contribution in [1.29, 1.82) is 0 Å². The van der Waals surface area contributed by atoms with E-state index in [0.717, 1.165) is 16.7 Å². The number of benzene rings is 5. The van der Waals surface area contributed by atoms with E-state index >= 15 is 0 Å². The average molecular weight is 577 g/mol. The van der Waals surface area contributed by atoms with Crippen LogP contribution in [0.5, 0.6) is 34.5 Å². The highest BCUT2D eigenvalue weighted by Crippen LogP contribution is 2.43. The van der Waals surface area contributed by atoms with Crippen LogP contribution in [0, 0.1) is 0 Å². The number of hydrogen-bond acceptors (Lipinski definition) is 7. The summed E-state index contributed by atoms with van der Waals surface area (Å²) in [5, 5.41) is 11.4. The summed E-state index contributed by atoms with van der Waals surface area (Å²) in [6.45, 7) is 0.739. The number of methoxy groups -OCH3 is 2. The minimum Gasteiger partial charge on any atom is -0.504 e. The number of rotatable bonds is 13. The lowest BCUT2D eigenvalue weighted by Crippen LogP contribution is -2.09. The van der Waals surface area contributed by atoms with Crippen molar-refractivity contribution >= 4 is 5.78 Å². The smallest absolute Gasteiger partial charge is 0.204 e. The van der Waals surface area contributed by atoms with Gasteiger partial charge in [-0.1, -0.05) is 91.0 Å². The zero-order chi connectivity index (χ0) is 30.0. The Morgan fingerprint density at radius 2 is 1.05 bits per heavy atom. The third kappa shape index (κ3) is 7.08. The molecule has 5 aromatic rings. The van der Waals surface area contributed by atoms with Gasteiger partial charge >= 0.3 is 0 Å². The summed E-state index contributed by atoms with van der Waals surface area (Å²) in [5.41, 5.74) is 2.97. The molecule has 43 heavy (non-hydrogen) atoms. The molecule has 0 aliphatic heterocycles. The Kier molecular flexibility index (Phi) is 9.44. The van der Waals surface area contributed by atoms with Gasteiger partial charge in [0, 0.05) is 12.1 Å². The van der Waals surface area contributed by atoms with Crippen LogP contribution in [0.25, 0.3) is 0 Å². The molecular weight excluding hydrogens is 544 g/mol. The molecule has 0 amide bonds. The van der Waals surface area contributed by atoms with Crippen molar-refractivity contribution in [3.05, 3.63) is 143 Å². The van der Waals surface area contributed by atoms with Crippen LogP contribution in [0.1, 0.15) is 32.6 Å². The number of ether oxygens (including phenoxy) is 5. The van der Waals surface area contributed by atoms with Crippen LogP contribution < -0.4 is 23.7 Å². The molecule has 0 saturated carbocycles. The van der Waals surface area contributed by atoms with Gasteiger partial charge in [-0.2, -0.15) is 0 Å². The number of aromatic hydroxyl groups is 1. The lowest BCUT2D eigenvalue weighted by Gasteiger charge is -2.18.